The molecule has 0 saturated heterocycles. The zero-order valence-corrected chi connectivity index (χ0v) is 17.2. The molecule has 150 valence electrons. The lowest BCUT2D eigenvalue weighted by Crippen LogP contribution is -2.15. The highest BCUT2D eigenvalue weighted by Crippen LogP contribution is 2.37. The van der Waals surface area contributed by atoms with Crippen molar-refractivity contribution in [1.82, 2.24) is 0 Å². The second-order valence-corrected chi connectivity index (χ2v) is 8.99. The fourth-order valence-electron chi connectivity index (χ4n) is 2.78. The molecule has 0 aliphatic heterocycles. The van der Waals surface area contributed by atoms with Crippen molar-refractivity contribution in [2.75, 3.05) is 10.0 Å². The van der Waals surface area contributed by atoms with Gasteiger partial charge in [0, 0.05) is 17.5 Å². The van der Waals surface area contributed by atoms with Gasteiger partial charge in [-0.15, -0.1) is 11.3 Å². The molecule has 0 spiro atoms. The lowest BCUT2D eigenvalue weighted by molar-refractivity contribution is -0.114. The van der Waals surface area contributed by atoms with E-state index in [0.717, 1.165) is 11.3 Å². The Morgan fingerprint density at radius 1 is 1.03 bits per heavy atom. The summed E-state index contributed by atoms with van der Waals surface area (Å²) in [5.74, 6) is -1.46. The van der Waals surface area contributed by atoms with Gasteiger partial charge in [0.15, 0.2) is 0 Å². The van der Waals surface area contributed by atoms with Crippen molar-refractivity contribution < 1.29 is 23.1 Å². The Morgan fingerprint density at radius 2 is 1.76 bits per heavy atom. The van der Waals surface area contributed by atoms with Crippen molar-refractivity contribution in [2.24, 2.45) is 0 Å². The minimum absolute atomic E-state index is 0.00863. The van der Waals surface area contributed by atoms with E-state index in [9.17, 15) is 23.1 Å². The molecule has 0 fully saturated rings. The number of amides is 1. The van der Waals surface area contributed by atoms with Gasteiger partial charge in [0.1, 0.15) is 4.88 Å². The maximum absolute atomic E-state index is 12.8. The number of hydrogen-bond acceptors (Lipinski definition) is 5. The monoisotopic (exact) mass is 430 g/mol. The molecule has 2 aromatic carbocycles. The van der Waals surface area contributed by atoms with E-state index in [0.29, 0.717) is 21.7 Å². The maximum Gasteiger partial charge on any atom is 0.348 e. The van der Waals surface area contributed by atoms with Crippen molar-refractivity contribution in [3.63, 3.8) is 0 Å². The molecule has 3 aromatic rings. The van der Waals surface area contributed by atoms with Gasteiger partial charge < -0.3 is 10.4 Å². The third kappa shape index (κ3) is 4.64. The number of sulfonamides is 1. The number of anilines is 2. The van der Waals surface area contributed by atoms with Crippen molar-refractivity contribution in [3.05, 3.63) is 65.0 Å². The van der Waals surface area contributed by atoms with E-state index in [-0.39, 0.29) is 21.4 Å². The summed E-state index contributed by atoms with van der Waals surface area (Å²) in [6, 6.07) is 14.8. The zero-order chi connectivity index (χ0) is 21.2. The van der Waals surface area contributed by atoms with Gasteiger partial charge in [-0.25, -0.2) is 13.2 Å². The Bertz CT molecular complexity index is 1200. The van der Waals surface area contributed by atoms with Gasteiger partial charge in [-0.1, -0.05) is 30.3 Å². The molecule has 1 heterocycles. The van der Waals surface area contributed by atoms with E-state index in [1.165, 1.54) is 19.1 Å². The summed E-state index contributed by atoms with van der Waals surface area (Å²) in [6.07, 6.45) is 0. The number of nitrogens with one attached hydrogen (secondary N) is 2. The molecule has 0 radical (unpaired) electrons. The summed E-state index contributed by atoms with van der Waals surface area (Å²) in [7, 11) is -3.96. The van der Waals surface area contributed by atoms with Gasteiger partial charge >= 0.3 is 5.97 Å². The van der Waals surface area contributed by atoms with E-state index in [1.54, 1.807) is 49.4 Å². The topological polar surface area (TPSA) is 113 Å². The molecule has 0 saturated carbocycles. The SMILES string of the molecule is CC(=O)Nc1cccc(-c2cc(NS(=O)(=O)c3ccccc3C)c(C(=O)O)s2)c1. The molecule has 29 heavy (non-hydrogen) atoms. The summed E-state index contributed by atoms with van der Waals surface area (Å²) in [5.41, 5.74) is 1.76. The number of rotatable bonds is 6. The number of benzene rings is 2. The third-order valence-corrected chi connectivity index (χ3v) is 6.72. The Hall–Kier alpha value is -3.17. The molecular weight excluding hydrogens is 412 g/mol. The summed E-state index contributed by atoms with van der Waals surface area (Å²) < 4.78 is 27.9. The fourth-order valence-corrected chi connectivity index (χ4v) is 5.10. The molecule has 7 nitrogen and oxygen atoms in total. The first-order valence-electron chi connectivity index (χ1n) is 8.51. The van der Waals surface area contributed by atoms with Crippen LogP contribution in [0.3, 0.4) is 0 Å². The van der Waals surface area contributed by atoms with Crippen LogP contribution in [0.15, 0.2) is 59.5 Å². The van der Waals surface area contributed by atoms with Crippen LogP contribution >= 0.6 is 11.3 Å². The number of carbonyl (C=O) groups is 2. The minimum atomic E-state index is -3.96. The van der Waals surface area contributed by atoms with E-state index in [2.05, 4.69) is 10.0 Å². The molecule has 9 heteroatoms. The highest BCUT2D eigenvalue weighted by atomic mass is 32.2. The number of carboxylic acid groups (broad SMARTS) is 1. The summed E-state index contributed by atoms with van der Waals surface area (Å²) in [4.78, 5) is 23.5. The van der Waals surface area contributed by atoms with Crippen LogP contribution in [-0.4, -0.2) is 25.4 Å². The number of thiophene rings is 1. The predicted octanol–water partition coefficient (Wildman–Crippen LogP) is 4.18. The van der Waals surface area contributed by atoms with Gasteiger partial charge in [-0.05, 0) is 42.3 Å². The highest BCUT2D eigenvalue weighted by molar-refractivity contribution is 7.92. The van der Waals surface area contributed by atoms with E-state index in [4.69, 9.17) is 0 Å². The first kappa shape index (κ1) is 20.6. The summed E-state index contributed by atoms with van der Waals surface area (Å²) in [6.45, 7) is 3.05. The van der Waals surface area contributed by atoms with Crippen LogP contribution in [0, 0.1) is 6.92 Å². The van der Waals surface area contributed by atoms with Crippen molar-refractivity contribution in [3.8, 4) is 10.4 Å². The van der Waals surface area contributed by atoms with E-state index < -0.39 is 16.0 Å². The van der Waals surface area contributed by atoms with Crippen molar-refractivity contribution in [2.45, 2.75) is 18.7 Å². The molecule has 0 aliphatic rings. The Balaban J connectivity index is 2.01. The predicted molar refractivity (Wildman–Crippen MR) is 113 cm³/mol. The molecule has 0 aliphatic carbocycles. The number of aryl methyl sites for hydroxylation is 1. The van der Waals surface area contributed by atoms with Gasteiger partial charge in [0.05, 0.1) is 10.6 Å². The van der Waals surface area contributed by atoms with Crippen molar-refractivity contribution in [1.29, 1.82) is 0 Å². The molecule has 3 rings (SSSR count). The standard InChI is InChI=1S/C20H18N2O5S2/c1-12-6-3-4-9-18(12)29(26,27)22-16-11-17(28-19(16)20(24)25)14-7-5-8-15(10-14)21-13(2)23/h3-11,22H,1-2H3,(H,21,23)(H,24,25). The zero-order valence-electron chi connectivity index (χ0n) is 15.6. The van der Waals surface area contributed by atoms with Crippen LogP contribution in [-0.2, 0) is 14.8 Å². The van der Waals surface area contributed by atoms with Crippen LogP contribution in [0.5, 0.6) is 0 Å². The second kappa shape index (κ2) is 8.06. The molecular formula is C20H18N2O5S2. The van der Waals surface area contributed by atoms with Gasteiger partial charge in [-0.2, -0.15) is 0 Å². The fraction of sp³-hybridized carbons (Fsp3) is 0.100. The molecule has 3 N–H and O–H groups in total. The van der Waals surface area contributed by atoms with Crippen LogP contribution in [0.4, 0.5) is 11.4 Å². The number of carbonyl (C=O) groups excluding carboxylic acids is 1. The number of hydrogen-bond donors (Lipinski definition) is 3. The first-order valence-corrected chi connectivity index (χ1v) is 10.8. The van der Waals surface area contributed by atoms with Gasteiger partial charge in [-0.3, -0.25) is 9.52 Å². The number of aromatic carboxylic acids is 1. The maximum atomic E-state index is 12.8. The highest BCUT2D eigenvalue weighted by Gasteiger charge is 2.23. The quantitative estimate of drug-likeness (QED) is 0.543. The van der Waals surface area contributed by atoms with Crippen LogP contribution in [0.25, 0.3) is 10.4 Å². The molecule has 1 aromatic heterocycles. The van der Waals surface area contributed by atoms with Gasteiger partial charge in [0.2, 0.25) is 5.91 Å². The Morgan fingerprint density at radius 3 is 2.41 bits per heavy atom. The molecule has 1 amide bonds. The average Bonchev–Trinajstić information content (AvgIpc) is 3.05. The van der Waals surface area contributed by atoms with Crippen LogP contribution < -0.4 is 10.0 Å². The first-order chi connectivity index (χ1) is 13.7. The smallest absolute Gasteiger partial charge is 0.348 e. The van der Waals surface area contributed by atoms with E-state index >= 15 is 0 Å². The Kier molecular flexibility index (Phi) is 5.71. The lowest BCUT2D eigenvalue weighted by Gasteiger charge is -2.09. The number of carboxylic acids is 1. The Labute approximate surface area is 172 Å². The molecule has 0 atom stereocenters. The summed E-state index contributed by atoms with van der Waals surface area (Å²) >= 11 is 0.949. The third-order valence-electron chi connectivity index (χ3n) is 4.02. The normalized spacial score (nSPS) is 11.1. The van der Waals surface area contributed by atoms with Crippen molar-refractivity contribution >= 4 is 44.6 Å². The van der Waals surface area contributed by atoms with Gasteiger partial charge in [0.25, 0.3) is 10.0 Å². The van der Waals surface area contributed by atoms with E-state index in [1.807, 2.05) is 0 Å². The van der Waals surface area contributed by atoms with Crippen LogP contribution in [0.2, 0.25) is 0 Å². The molecule has 0 unspecified atom stereocenters. The molecule has 0 bridgehead atoms. The summed E-state index contributed by atoms with van der Waals surface area (Å²) in [5, 5.41) is 12.2. The average molecular weight is 431 g/mol. The lowest BCUT2D eigenvalue weighted by atomic mass is 10.1. The minimum Gasteiger partial charge on any atom is -0.477 e. The second-order valence-electron chi connectivity index (χ2n) is 6.29. The van der Waals surface area contributed by atoms with Crippen LogP contribution in [0.1, 0.15) is 22.2 Å². The largest absolute Gasteiger partial charge is 0.477 e.